The summed E-state index contributed by atoms with van der Waals surface area (Å²) >= 11 is 0. The third-order valence-corrected chi connectivity index (χ3v) is 4.57. The number of hydrogen-bond donors (Lipinski definition) is 1. The Hall–Kier alpha value is -0.870. The van der Waals surface area contributed by atoms with Gasteiger partial charge in [0.25, 0.3) is 0 Å². The van der Waals surface area contributed by atoms with Crippen LogP contribution >= 0.6 is 0 Å². The lowest BCUT2D eigenvalue weighted by Gasteiger charge is -2.17. The second kappa shape index (κ2) is 5.63. The summed E-state index contributed by atoms with van der Waals surface area (Å²) in [5, 5.41) is 8.03. The van der Waals surface area contributed by atoms with Gasteiger partial charge < -0.3 is 10.2 Å². The Kier molecular flexibility index (Phi) is 3.89. The van der Waals surface area contributed by atoms with E-state index < -0.39 is 0 Å². The molecule has 1 aliphatic heterocycles. The lowest BCUT2D eigenvalue weighted by Crippen LogP contribution is -2.29. The lowest BCUT2D eigenvalue weighted by atomic mass is 10.1. The molecule has 2 fully saturated rings. The van der Waals surface area contributed by atoms with E-state index >= 15 is 0 Å². The monoisotopic (exact) mass is 262 g/mol. The summed E-state index contributed by atoms with van der Waals surface area (Å²) in [7, 11) is 0. The summed E-state index contributed by atoms with van der Waals surface area (Å²) in [5.41, 5.74) is 1.30. The van der Waals surface area contributed by atoms with Crippen LogP contribution in [0.15, 0.2) is 12.4 Å². The van der Waals surface area contributed by atoms with Gasteiger partial charge in [-0.15, -0.1) is 0 Å². The highest BCUT2D eigenvalue weighted by atomic mass is 15.3. The third-order valence-electron chi connectivity index (χ3n) is 4.57. The molecular weight excluding hydrogens is 236 g/mol. The molecule has 2 heterocycles. The number of nitrogens with zero attached hydrogens (tertiary/aromatic N) is 3. The molecule has 2 unspecified atom stereocenters. The van der Waals surface area contributed by atoms with E-state index in [0.717, 1.165) is 25.0 Å². The minimum absolute atomic E-state index is 0.412. The zero-order valence-corrected chi connectivity index (χ0v) is 12.2. The van der Waals surface area contributed by atoms with E-state index in [1.54, 1.807) is 0 Å². The van der Waals surface area contributed by atoms with Gasteiger partial charge in [0, 0.05) is 36.9 Å². The molecule has 1 aliphatic carbocycles. The molecule has 0 bridgehead atoms. The Morgan fingerprint density at radius 2 is 2.26 bits per heavy atom. The van der Waals surface area contributed by atoms with E-state index in [-0.39, 0.29) is 0 Å². The van der Waals surface area contributed by atoms with Crippen molar-refractivity contribution in [2.45, 2.75) is 51.7 Å². The molecule has 106 valence electrons. The molecule has 0 radical (unpaired) electrons. The first-order valence-electron chi connectivity index (χ1n) is 7.76. The van der Waals surface area contributed by atoms with Crippen LogP contribution in [0.3, 0.4) is 0 Å². The van der Waals surface area contributed by atoms with Crippen LogP contribution in [0.25, 0.3) is 0 Å². The number of aromatic nitrogens is 2. The molecule has 4 nitrogen and oxygen atoms in total. The fourth-order valence-corrected chi connectivity index (χ4v) is 3.04. The van der Waals surface area contributed by atoms with Crippen LogP contribution in [-0.2, 0) is 6.54 Å². The van der Waals surface area contributed by atoms with Crippen molar-refractivity contribution < 1.29 is 0 Å². The minimum atomic E-state index is 0.412. The fraction of sp³-hybridized carbons (Fsp3) is 0.800. The molecule has 1 aromatic rings. The lowest BCUT2D eigenvalue weighted by molar-refractivity contribution is 0.310. The zero-order chi connectivity index (χ0) is 13.2. The second-order valence-corrected chi connectivity index (χ2v) is 6.14. The normalized spacial score (nSPS) is 25.9. The maximum Gasteiger partial charge on any atom is 0.0537 e. The van der Waals surface area contributed by atoms with Crippen molar-refractivity contribution in [1.82, 2.24) is 20.0 Å². The zero-order valence-electron chi connectivity index (χ0n) is 12.2. The SMILES string of the molecule is CCn1cc(C(C)NCC2CCN(C3CC3)C2)cn1. The standard InChI is InChI=1S/C15H26N4/c1-3-19-11-14(9-17-19)12(2)16-8-13-6-7-18(10-13)15-4-5-15/h9,11-13,15-16H,3-8,10H2,1-2H3. The number of aryl methyl sites for hydroxylation is 1. The first kappa shape index (κ1) is 13.1. The van der Waals surface area contributed by atoms with Crippen molar-refractivity contribution in [3.63, 3.8) is 0 Å². The Morgan fingerprint density at radius 1 is 1.42 bits per heavy atom. The maximum atomic E-state index is 4.35. The third kappa shape index (κ3) is 3.18. The molecule has 1 N–H and O–H groups in total. The smallest absolute Gasteiger partial charge is 0.0537 e. The van der Waals surface area contributed by atoms with Crippen molar-refractivity contribution in [2.24, 2.45) is 5.92 Å². The minimum Gasteiger partial charge on any atom is -0.310 e. The van der Waals surface area contributed by atoms with E-state index in [1.165, 1.54) is 37.9 Å². The predicted octanol–water partition coefficient (Wildman–Crippen LogP) is 2.04. The van der Waals surface area contributed by atoms with E-state index in [9.17, 15) is 0 Å². The molecule has 2 aliphatic rings. The Morgan fingerprint density at radius 3 is 2.95 bits per heavy atom. The maximum absolute atomic E-state index is 4.35. The first-order valence-corrected chi connectivity index (χ1v) is 7.76. The molecule has 3 rings (SSSR count). The molecule has 2 atom stereocenters. The molecule has 1 aromatic heterocycles. The Bertz CT molecular complexity index is 410. The summed E-state index contributed by atoms with van der Waals surface area (Å²) in [6, 6.07) is 1.35. The average Bonchev–Trinajstić information content (AvgIpc) is 2.99. The van der Waals surface area contributed by atoms with Gasteiger partial charge in [-0.1, -0.05) is 0 Å². The van der Waals surface area contributed by atoms with Crippen LogP contribution in [-0.4, -0.2) is 40.4 Å². The molecule has 4 heteroatoms. The molecule has 0 aromatic carbocycles. The van der Waals surface area contributed by atoms with Gasteiger partial charge >= 0.3 is 0 Å². The van der Waals surface area contributed by atoms with Gasteiger partial charge in [0.2, 0.25) is 0 Å². The topological polar surface area (TPSA) is 33.1 Å². The Labute approximate surface area is 116 Å². The first-order chi connectivity index (χ1) is 9.26. The van der Waals surface area contributed by atoms with Gasteiger partial charge in [-0.05, 0) is 52.1 Å². The number of hydrogen-bond acceptors (Lipinski definition) is 3. The summed E-state index contributed by atoms with van der Waals surface area (Å²) in [6.45, 7) is 9.08. The van der Waals surface area contributed by atoms with Gasteiger partial charge in [-0.3, -0.25) is 4.68 Å². The van der Waals surface area contributed by atoms with Crippen molar-refractivity contribution in [1.29, 1.82) is 0 Å². The predicted molar refractivity (Wildman–Crippen MR) is 77.0 cm³/mol. The Balaban J connectivity index is 1.44. The average molecular weight is 262 g/mol. The van der Waals surface area contributed by atoms with Crippen molar-refractivity contribution >= 4 is 0 Å². The van der Waals surface area contributed by atoms with Crippen LogP contribution in [0.5, 0.6) is 0 Å². The van der Waals surface area contributed by atoms with Crippen LogP contribution in [0, 0.1) is 5.92 Å². The molecule has 1 saturated carbocycles. The van der Waals surface area contributed by atoms with Crippen LogP contribution in [0.1, 0.15) is 44.7 Å². The molecule has 19 heavy (non-hydrogen) atoms. The summed E-state index contributed by atoms with van der Waals surface area (Å²) in [4.78, 5) is 2.69. The quantitative estimate of drug-likeness (QED) is 0.851. The van der Waals surface area contributed by atoms with Gasteiger partial charge in [0.05, 0.1) is 6.20 Å². The molecule has 0 amide bonds. The van der Waals surface area contributed by atoms with E-state index in [1.807, 2.05) is 10.9 Å². The summed E-state index contributed by atoms with van der Waals surface area (Å²) in [5.74, 6) is 0.837. The highest BCUT2D eigenvalue weighted by Gasteiger charge is 2.34. The highest BCUT2D eigenvalue weighted by Crippen LogP contribution is 2.31. The van der Waals surface area contributed by atoms with Gasteiger partial charge in [0.15, 0.2) is 0 Å². The van der Waals surface area contributed by atoms with Crippen molar-refractivity contribution in [3.05, 3.63) is 18.0 Å². The number of rotatable bonds is 6. The van der Waals surface area contributed by atoms with E-state index in [2.05, 4.69) is 35.4 Å². The van der Waals surface area contributed by atoms with Crippen LogP contribution < -0.4 is 5.32 Å². The molecule has 1 saturated heterocycles. The van der Waals surface area contributed by atoms with E-state index in [4.69, 9.17) is 0 Å². The van der Waals surface area contributed by atoms with Gasteiger partial charge in [0.1, 0.15) is 0 Å². The highest BCUT2D eigenvalue weighted by molar-refractivity contribution is 5.09. The van der Waals surface area contributed by atoms with Crippen molar-refractivity contribution in [3.8, 4) is 0 Å². The van der Waals surface area contributed by atoms with E-state index in [0.29, 0.717) is 6.04 Å². The number of likely N-dealkylation sites (tertiary alicyclic amines) is 1. The van der Waals surface area contributed by atoms with Crippen LogP contribution in [0.4, 0.5) is 0 Å². The second-order valence-electron chi connectivity index (χ2n) is 6.14. The summed E-state index contributed by atoms with van der Waals surface area (Å²) < 4.78 is 2.00. The number of nitrogens with one attached hydrogen (secondary N) is 1. The van der Waals surface area contributed by atoms with Crippen LogP contribution in [0.2, 0.25) is 0 Å². The van der Waals surface area contributed by atoms with Crippen molar-refractivity contribution in [2.75, 3.05) is 19.6 Å². The van der Waals surface area contributed by atoms with Gasteiger partial charge in [-0.2, -0.15) is 5.10 Å². The fourth-order valence-electron chi connectivity index (χ4n) is 3.04. The molecule has 0 spiro atoms. The summed E-state index contributed by atoms with van der Waals surface area (Å²) in [6.07, 6.45) is 8.39. The van der Waals surface area contributed by atoms with Gasteiger partial charge in [-0.25, -0.2) is 0 Å². The largest absolute Gasteiger partial charge is 0.310 e. The molecular formula is C15H26N4.